The molecule has 0 bridgehead atoms. The summed E-state index contributed by atoms with van der Waals surface area (Å²) in [7, 11) is 2.51. The summed E-state index contributed by atoms with van der Waals surface area (Å²) < 4.78 is 19.6. The van der Waals surface area contributed by atoms with E-state index in [1.807, 2.05) is 20.8 Å². The van der Waals surface area contributed by atoms with Crippen LogP contribution in [0.1, 0.15) is 43.1 Å². The van der Waals surface area contributed by atoms with Crippen molar-refractivity contribution in [2.75, 3.05) is 27.2 Å². The molecule has 0 aromatic heterocycles. The predicted molar refractivity (Wildman–Crippen MR) is 98.3 cm³/mol. The van der Waals surface area contributed by atoms with Crippen LogP contribution in [0.15, 0.2) is 24.3 Å². The van der Waals surface area contributed by atoms with Gasteiger partial charge in [-0.25, -0.2) is 9.18 Å². The van der Waals surface area contributed by atoms with Crippen LogP contribution in [0.25, 0.3) is 5.57 Å². The van der Waals surface area contributed by atoms with Crippen molar-refractivity contribution in [3.05, 3.63) is 41.2 Å². The van der Waals surface area contributed by atoms with Gasteiger partial charge < -0.3 is 20.1 Å². The Bertz CT molecular complexity index is 681. The summed E-state index contributed by atoms with van der Waals surface area (Å²) in [5.41, 5.74) is 0.778. The van der Waals surface area contributed by atoms with E-state index in [0.717, 1.165) is 12.7 Å². The number of halogens is 1. The molecule has 2 N–H and O–H groups in total. The zero-order chi connectivity index (χ0) is 19.9. The molecule has 7 heteroatoms. The average Bonchev–Trinajstić information content (AvgIpc) is 2.61. The van der Waals surface area contributed by atoms with Gasteiger partial charge >= 0.3 is 6.09 Å². The molecule has 0 fully saturated rings. The molecule has 2 rings (SSSR count). The van der Waals surface area contributed by atoms with E-state index in [9.17, 15) is 14.0 Å². The van der Waals surface area contributed by atoms with Gasteiger partial charge in [0.15, 0.2) is 0 Å². The van der Waals surface area contributed by atoms with Crippen molar-refractivity contribution < 1.29 is 23.8 Å². The average molecular weight is 366 g/mol. The van der Waals surface area contributed by atoms with Crippen LogP contribution in [0.5, 0.6) is 0 Å². The number of aliphatic hydroxyl groups is 1. The Labute approximate surface area is 153 Å². The molecule has 0 saturated carbocycles. The second-order valence-electron chi connectivity index (χ2n) is 6.65. The van der Waals surface area contributed by atoms with Crippen LogP contribution in [-0.4, -0.2) is 54.9 Å². The molecule has 144 valence electrons. The summed E-state index contributed by atoms with van der Waals surface area (Å²) >= 11 is 0. The molecule has 0 aliphatic carbocycles. The molecular weight excluding hydrogens is 339 g/mol. The molecule has 0 atom stereocenters. The number of carbonyl (C=O) groups excluding carboxylic acids is 2. The van der Waals surface area contributed by atoms with E-state index in [0.29, 0.717) is 30.6 Å². The molecule has 0 spiro atoms. The highest BCUT2D eigenvalue weighted by Gasteiger charge is 2.26. The van der Waals surface area contributed by atoms with Gasteiger partial charge in [-0.15, -0.1) is 0 Å². The Balaban J connectivity index is 0.00000163. The molecule has 6 nitrogen and oxygen atoms in total. The molecule has 1 aliphatic heterocycles. The number of aliphatic hydroxyl groups excluding tert-OH is 1. The van der Waals surface area contributed by atoms with Gasteiger partial charge in [0.2, 0.25) is 0 Å². The molecule has 1 aliphatic rings. The Morgan fingerprint density at radius 3 is 2.42 bits per heavy atom. The quantitative estimate of drug-likeness (QED) is 0.844. The van der Waals surface area contributed by atoms with Crippen molar-refractivity contribution in [2.24, 2.45) is 0 Å². The molecule has 26 heavy (non-hydrogen) atoms. The molecule has 0 saturated heterocycles. The van der Waals surface area contributed by atoms with Crippen LogP contribution in [0.3, 0.4) is 0 Å². The lowest BCUT2D eigenvalue weighted by Gasteiger charge is -2.30. The maximum Gasteiger partial charge on any atom is 0.410 e. The molecule has 1 heterocycles. The Morgan fingerprint density at radius 2 is 1.92 bits per heavy atom. The molecule has 0 unspecified atom stereocenters. The number of nitrogens with zero attached hydrogens (tertiary/aromatic N) is 1. The fourth-order valence-electron chi connectivity index (χ4n) is 2.56. The first-order chi connectivity index (χ1) is 12.2. The highest BCUT2D eigenvalue weighted by molar-refractivity contribution is 5.99. The topological polar surface area (TPSA) is 78.9 Å². The number of nitrogens with one attached hydrogen (secondary N) is 1. The van der Waals surface area contributed by atoms with Gasteiger partial charge in [0, 0.05) is 38.4 Å². The van der Waals surface area contributed by atoms with Gasteiger partial charge in [0.25, 0.3) is 5.91 Å². The molecule has 1 aromatic rings. The van der Waals surface area contributed by atoms with Crippen LogP contribution in [0, 0.1) is 5.82 Å². The maximum absolute atomic E-state index is 14.3. The molecule has 1 aromatic carbocycles. The Kier molecular flexibility index (Phi) is 7.76. The normalized spacial score (nSPS) is 14.0. The van der Waals surface area contributed by atoms with Crippen molar-refractivity contribution in [1.29, 1.82) is 0 Å². The monoisotopic (exact) mass is 366 g/mol. The number of hydrogen-bond acceptors (Lipinski definition) is 4. The number of ether oxygens (including phenoxy) is 1. The number of carbonyl (C=O) groups is 2. The first-order valence-corrected chi connectivity index (χ1v) is 8.35. The van der Waals surface area contributed by atoms with E-state index >= 15 is 0 Å². The first-order valence-electron chi connectivity index (χ1n) is 8.35. The summed E-state index contributed by atoms with van der Waals surface area (Å²) in [4.78, 5) is 25.6. The number of amides is 2. The van der Waals surface area contributed by atoms with E-state index in [2.05, 4.69) is 5.32 Å². The van der Waals surface area contributed by atoms with Gasteiger partial charge in [-0.05, 0) is 44.9 Å². The van der Waals surface area contributed by atoms with Gasteiger partial charge in [-0.3, -0.25) is 4.79 Å². The summed E-state index contributed by atoms with van der Waals surface area (Å²) in [6, 6.07) is 4.45. The second kappa shape index (κ2) is 9.33. The lowest BCUT2D eigenvalue weighted by atomic mass is 9.94. The fourth-order valence-corrected chi connectivity index (χ4v) is 2.56. The Morgan fingerprint density at radius 1 is 1.27 bits per heavy atom. The van der Waals surface area contributed by atoms with Crippen LogP contribution in [-0.2, 0) is 4.74 Å². The summed E-state index contributed by atoms with van der Waals surface area (Å²) in [5.74, 6) is -0.770. The minimum atomic E-state index is -0.557. The van der Waals surface area contributed by atoms with Crippen molar-refractivity contribution in [3.8, 4) is 0 Å². The lowest BCUT2D eigenvalue weighted by Crippen LogP contribution is -2.39. The third kappa shape index (κ3) is 5.56. The van der Waals surface area contributed by atoms with Crippen LogP contribution >= 0.6 is 0 Å². The third-order valence-electron chi connectivity index (χ3n) is 3.67. The molecule has 2 amide bonds. The number of hydrogen-bond donors (Lipinski definition) is 2. The van der Waals surface area contributed by atoms with Crippen molar-refractivity contribution >= 4 is 17.6 Å². The van der Waals surface area contributed by atoms with Crippen LogP contribution < -0.4 is 5.32 Å². The summed E-state index contributed by atoms with van der Waals surface area (Å²) in [5, 5.41) is 9.52. The SMILES string of the molecule is CNC(=O)c1cccc(F)c1C1=CCN(C(=O)OC(C)(C)C)CC1.CO. The minimum absolute atomic E-state index is 0.300. The van der Waals surface area contributed by atoms with Gasteiger partial charge in [-0.1, -0.05) is 12.1 Å². The molecular formula is C19H27FN2O4. The van der Waals surface area contributed by atoms with Crippen LogP contribution in [0.2, 0.25) is 0 Å². The van der Waals surface area contributed by atoms with E-state index in [4.69, 9.17) is 9.84 Å². The summed E-state index contributed by atoms with van der Waals surface area (Å²) in [6.07, 6.45) is 1.85. The van der Waals surface area contributed by atoms with Crippen molar-refractivity contribution in [3.63, 3.8) is 0 Å². The van der Waals surface area contributed by atoms with Crippen LogP contribution in [0.4, 0.5) is 9.18 Å². The molecule has 0 radical (unpaired) electrons. The Hall–Kier alpha value is -2.41. The summed E-state index contributed by atoms with van der Waals surface area (Å²) in [6.45, 7) is 6.18. The lowest BCUT2D eigenvalue weighted by molar-refractivity contribution is 0.0270. The highest BCUT2D eigenvalue weighted by Crippen LogP contribution is 2.28. The van der Waals surface area contributed by atoms with E-state index in [-0.39, 0.29) is 5.91 Å². The maximum atomic E-state index is 14.3. The van der Waals surface area contributed by atoms with Gasteiger partial charge in [0.1, 0.15) is 11.4 Å². The van der Waals surface area contributed by atoms with Gasteiger partial charge in [-0.2, -0.15) is 0 Å². The predicted octanol–water partition coefficient (Wildman–Crippen LogP) is 2.82. The van der Waals surface area contributed by atoms with Crippen molar-refractivity contribution in [1.82, 2.24) is 10.2 Å². The first kappa shape index (κ1) is 21.6. The zero-order valence-electron chi connectivity index (χ0n) is 15.9. The van der Waals surface area contributed by atoms with Gasteiger partial charge in [0.05, 0.1) is 0 Å². The second-order valence-corrected chi connectivity index (χ2v) is 6.65. The minimum Gasteiger partial charge on any atom is -0.444 e. The fraction of sp³-hybridized carbons (Fsp3) is 0.474. The smallest absolute Gasteiger partial charge is 0.410 e. The zero-order valence-corrected chi connectivity index (χ0v) is 15.9. The largest absolute Gasteiger partial charge is 0.444 e. The third-order valence-corrected chi connectivity index (χ3v) is 3.67. The van der Waals surface area contributed by atoms with Crippen molar-refractivity contribution in [2.45, 2.75) is 32.8 Å². The number of rotatable bonds is 2. The standard InChI is InChI=1S/C18H23FN2O3.CH4O/c1-18(2,3)24-17(23)21-10-8-12(9-11-21)15-13(16(22)20-4)6-5-7-14(15)19;1-2/h5-8H,9-11H2,1-4H3,(H,20,22);2H,1H3. The van der Waals surface area contributed by atoms with E-state index in [1.54, 1.807) is 17.0 Å². The number of benzene rings is 1. The van der Waals surface area contributed by atoms with E-state index in [1.165, 1.54) is 19.2 Å². The highest BCUT2D eigenvalue weighted by atomic mass is 19.1. The van der Waals surface area contributed by atoms with E-state index < -0.39 is 17.5 Å².